The van der Waals surface area contributed by atoms with Gasteiger partial charge in [-0.3, -0.25) is 9.59 Å². The molecule has 0 fully saturated rings. The average Bonchev–Trinajstić information content (AvgIpc) is 2.50. The normalized spacial score (nSPS) is 10.5. The molecule has 0 atom stereocenters. The molecule has 1 aromatic carbocycles. The highest BCUT2D eigenvalue weighted by Gasteiger charge is 2.10. The molecule has 2 rings (SSSR count). The summed E-state index contributed by atoms with van der Waals surface area (Å²) in [7, 11) is 0. The van der Waals surface area contributed by atoms with Crippen LogP contribution in [0.4, 0.5) is 5.69 Å². The number of aryl methyl sites for hydroxylation is 2. The molecule has 0 aliphatic rings. The summed E-state index contributed by atoms with van der Waals surface area (Å²) in [4.78, 5) is 24.0. The minimum atomic E-state index is -0.315. The van der Waals surface area contributed by atoms with Crippen molar-refractivity contribution in [2.24, 2.45) is 0 Å². The summed E-state index contributed by atoms with van der Waals surface area (Å²) in [6.07, 6.45) is 1.82. The van der Waals surface area contributed by atoms with Crippen LogP contribution in [0.2, 0.25) is 0 Å². The van der Waals surface area contributed by atoms with Gasteiger partial charge in [-0.1, -0.05) is 19.4 Å². The lowest BCUT2D eigenvalue weighted by Gasteiger charge is -2.08. The predicted molar refractivity (Wildman–Crippen MR) is 95.3 cm³/mol. The van der Waals surface area contributed by atoms with Crippen LogP contribution in [0.25, 0.3) is 0 Å². The number of unbranched alkanes of at least 4 members (excludes halogenated alkanes) is 1. The van der Waals surface area contributed by atoms with Gasteiger partial charge in [-0.05, 0) is 59.7 Å². The van der Waals surface area contributed by atoms with Crippen molar-refractivity contribution in [3.05, 3.63) is 55.5 Å². The first-order chi connectivity index (χ1) is 10.5. The van der Waals surface area contributed by atoms with Crippen molar-refractivity contribution in [1.82, 2.24) is 9.78 Å². The van der Waals surface area contributed by atoms with Gasteiger partial charge in [0.2, 0.25) is 0 Å². The minimum absolute atomic E-state index is 0.185. The highest BCUT2D eigenvalue weighted by molar-refractivity contribution is 14.1. The Morgan fingerprint density at radius 1 is 1.32 bits per heavy atom. The number of carbonyl (C=O) groups is 1. The van der Waals surface area contributed by atoms with Crippen LogP contribution in [0.1, 0.15) is 35.8 Å². The number of carbonyl (C=O) groups excluding carboxylic acids is 1. The third-order valence-electron chi connectivity index (χ3n) is 3.25. The topological polar surface area (TPSA) is 64.0 Å². The van der Waals surface area contributed by atoms with Gasteiger partial charge in [-0.2, -0.15) is 5.10 Å². The maximum Gasteiger partial charge on any atom is 0.276 e. The lowest BCUT2D eigenvalue weighted by Crippen LogP contribution is -2.26. The maximum atomic E-state index is 12.3. The average molecular weight is 411 g/mol. The minimum Gasteiger partial charge on any atom is -0.321 e. The van der Waals surface area contributed by atoms with Crippen LogP contribution < -0.4 is 10.9 Å². The number of rotatable bonds is 5. The maximum absolute atomic E-state index is 12.3. The van der Waals surface area contributed by atoms with Crippen molar-refractivity contribution >= 4 is 34.2 Å². The Labute approximate surface area is 142 Å². The van der Waals surface area contributed by atoms with E-state index in [0.717, 1.165) is 22.0 Å². The van der Waals surface area contributed by atoms with E-state index in [1.54, 1.807) is 0 Å². The van der Waals surface area contributed by atoms with E-state index >= 15 is 0 Å². The van der Waals surface area contributed by atoms with Crippen LogP contribution in [-0.2, 0) is 6.54 Å². The molecule has 0 saturated carbocycles. The number of hydrogen-bond donors (Lipinski definition) is 1. The van der Waals surface area contributed by atoms with Gasteiger partial charge in [-0.25, -0.2) is 4.68 Å². The quantitative estimate of drug-likeness (QED) is 0.769. The van der Waals surface area contributed by atoms with E-state index in [4.69, 9.17) is 0 Å². The van der Waals surface area contributed by atoms with Crippen LogP contribution in [0.3, 0.4) is 0 Å². The zero-order valence-corrected chi connectivity index (χ0v) is 14.8. The van der Waals surface area contributed by atoms with Crippen LogP contribution in [-0.4, -0.2) is 15.7 Å². The number of amides is 1. The molecule has 5 nitrogen and oxygen atoms in total. The van der Waals surface area contributed by atoms with Gasteiger partial charge in [0.1, 0.15) is 5.69 Å². The molecule has 1 amide bonds. The van der Waals surface area contributed by atoms with Crippen LogP contribution >= 0.6 is 22.6 Å². The molecule has 22 heavy (non-hydrogen) atoms. The molecule has 0 saturated heterocycles. The summed E-state index contributed by atoms with van der Waals surface area (Å²) in [6, 6.07) is 8.55. The van der Waals surface area contributed by atoms with Crippen molar-refractivity contribution in [3.63, 3.8) is 0 Å². The molecule has 2 aromatic rings. The number of hydrogen-bond acceptors (Lipinski definition) is 3. The van der Waals surface area contributed by atoms with E-state index in [2.05, 4.69) is 33.0 Å². The number of nitrogens with one attached hydrogen (secondary N) is 1. The van der Waals surface area contributed by atoms with Crippen LogP contribution in [0.15, 0.2) is 35.1 Å². The van der Waals surface area contributed by atoms with Gasteiger partial charge >= 0.3 is 0 Å². The molecule has 116 valence electrons. The van der Waals surface area contributed by atoms with Gasteiger partial charge in [0.25, 0.3) is 11.5 Å². The number of anilines is 1. The molecule has 1 heterocycles. The van der Waals surface area contributed by atoms with Gasteiger partial charge in [0.15, 0.2) is 0 Å². The van der Waals surface area contributed by atoms with Crippen molar-refractivity contribution in [1.29, 1.82) is 0 Å². The number of benzene rings is 1. The fourth-order valence-corrected chi connectivity index (χ4v) is 2.42. The smallest absolute Gasteiger partial charge is 0.276 e. The summed E-state index contributed by atoms with van der Waals surface area (Å²) in [5, 5.41) is 6.94. The molecule has 0 spiro atoms. The Morgan fingerprint density at radius 2 is 2.09 bits per heavy atom. The molecule has 1 N–H and O–H groups in total. The number of halogens is 1. The summed E-state index contributed by atoms with van der Waals surface area (Å²) >= 11 is 2.22. The Hall–Kier alpha value is -1.70. The van der Waals surface area contributed by atoms with E-state index < -0.39 is 0 Å². The van der Waals surface area contributed by atoms with E-state index in [1.807, 2.05) is 32.0 Å². The third-order valence-corrected chi connectivity index (χ3v) is 4.41. The van der Waals surface area contributed by atoms with E-state index in [0.29, 0.717) is 12.2 Å². The second kappa shape index (κ2) is 7.53. The third kappa shape index (κ3) is 4.16. The SMILES string of the molecule is CCCCn1nc(C(=O)Nc2ccc(C)c(I)c2)ccc1=O. The first kappa shape index (κ1) is 16.7. The molecular weight excluding hydrogens is 393 g/mol. The summed E-state index contributed by atoms with van der Waals surface area (Å²) in [6.45, 7) is 4.58. The molecule has 0 aliphatic carbocycles. The zero-order valence-electron chi connectivity index (χ0n) is 12.6. The molecule has 1 aromatic heterocycles. The summed E-state index contributed by atoms with van der Waals surface area (Å²) in [5.74, 6) is -0.315. The van der Waals surface area contributed by atoms with Crippen LogP contribution in [0, 0.1) is 10.5 Å². The standard InChI is InChI=1S/C16H18IN3O2/c1-3-4-9-20-15(21)8-7-14(19-20)16(22)18-12-6-5-11(2)13(17)10-12/h5-8,10H,3-4,9H2,1-2H3,(H,18,22). The Balaban J connectivity index is 2.18. The molecular formula is C16H18IN3O2. The largest absolute Gasteiger partial charge is 0.321 e. The van der Waals surface area contributed by atoms with E-state index in [1.165, 1.54) is 16.8 Å². The highest BCUT2D eigenvalue weighted by Crippen LogP contribution is 2.17. The first-order valence-electron chi connectivity index (χ1n) is 7.17. The fourth-order valence-electron chi connectivity index (χ4n) is 1.90. The lowest BCUT2D eigenvalue weighted by molar-refractivity contribution is 0.101. The van der Waals surface area contributed by atoms with Crippen molar-refractivity contribution < 1.29 is 4.79 Å². The molecule has 0 radical (unpaired) electrons. The Morgan fingerprint density at radius 3 is 2.77 bits per heavy atom. The summed E-state index contributed by atoms with van der Waals surface area (Å²) in [5.41, 5.74) is 1.93. The molecule has 0 unspecified atom stereocenters. The molecule has 0 aliphatic heterocycles. The number of aromatic nitrogens is 2. The van der Waals surface area contributed by atoms with Crippen molar-refractivity contribution in [2.75, 3.05) is 5.32 Å². The molecule has 6 heteroatoms. The highest BCUT2D eigenvalue weighted by atomic mass is 127. The number of nitrogens with zero attached hydrogens (tertiary/aromatic N) is 2. The lowest BCUT2D eigenvalue weighted by atomic mass is 10.2. The van der Waals surface area contributed by atoms with Crippen molar-refractivity contribution in [2.45, 2.75) is 33.2 Å². The van der Waals surface area contributed by atoms with E-state index in [9.17, 15) is 9.59 Å². The summed E-state index contributed by atoms with van der Waals surface area (Å²) < 4.78 is 2.42. The Kier molecular flexibility index (Phi) is 5.70. The van der Waals surface area contributed by atoms with Gasteiger partial charge < -0.3 is 5.32 Å². The van der Waals surface area contributed by atoms with Crippen molar-refractivity contribution in [3.8, 4) is 0 Å². The van der Waals surface area contributed by atoms with Crippen LogP contribution in [0.5, 0.6) is 0 Å². The molecule has 0 bridgehead atoms. The predicted octanol–water partition coefficient (Wildman–Crippen LogP) is 3.21. The monoisotopic (exact) mass is 411 g/mol. The van der Waals surface area contributed by atoms with E-state index in [-0.39, 0.29) is 17.2 Å². The Bertz CT molecular complexity index is 740. The zero-order chi connectivity index (χ0) is 16.1. The van der Waals surface area contributed by atoms with Gasteiger partial charge in [0.05, 0.1) is 0 Å². The second-order valence-electron chi connectivity index (χ2n) is 5.05. The second-order valence-corrected chi connectivity index (χ2v) is 6.21. The fraction of sp³-hybridized carbons (Fsp3) is 0.312. The van der Waals surface area contributed by atoms with Gasteiger partial charge in [-0.15, -0.1) is 0 Å². The van der Waals surface area contributed by atoms with Gasteiger partial charge in [0, 0.05) is 21.9 Å². The first-order valence-corrected chi connectivity index (χ1v) is 8.25.